The minimum absolute atomic E-state index is 0.116. The standard InChI is InChI=1S/C15H12ClF3N2O/c16-11-4-6-21-5-3-9(13(11)21)15(22)20-8-1-2-12(17)10(7-8)14(18)19/h1-3,5,7,11,14H,4,6H2,(H,20,22). The Kier molecular flexibility index (Phi) is 3.87. The van der Waals surface area contributed by atoms with Gasteiger partial charge in [0.2, 0.25) is 0 Å². The van der Waals surface area contributed by atoms with Gasteiger partial charge in [-0.2, -0.15) is 0 Å². The van der Waals surface area contributed by atoms with E-state index < -0.39 is 23.7 Å². The summed E-state index contributed by atoms with van der Waals surface area (Å²) in [6.07, 6.45) is -0.436. The third-order valence-corrected chi connectivity index (χ3v) is 4.09. The molecule has 0 radical (unpaired) electrons. The van der Waals surface area contributed by atoms with Gasteiger partial charge in [0.15, 0.2) is 0 Å². The number of fused-ring (bicyclic) bond motifs is 1. The monoisotopic (exact) mass is 328 g/mol. The molecule has 0 spiro atoms. The highest BCUT2D eigenvalue weighted by Gasteiger charge is 2.27. The normalized spacial score (nSPS) is 16.9. The number of hydrogen-bond donors (Lipinski definition) is 1. The number of hydrogen-bond acceptors (Lipinski definition) is 1. The smallest absolute Gasteiger partial charge is 0.266 e. The van der Waals surface area contributed by atoms with Crippen LogP contribution in [-0.2, 0) is 6.54 Å². The lowest BCUT2D eigenvalue weighted by Crippen LogP contribution is -2.14. The number of aryl methyl sites for hydroxylation is 1. The first kappa shape index (κ1) is 15.0. The van der Waals surface area contributed by atoms with Gasteiger partial charge < -0.3 is 9.88 Å². The summed E-state index contributed by atoms with van der Waals surface area (Å²) >= 11 is 6.17. The lowest BCUT2D eigenvalue weighted by molar-refractivity contribution is 0.102. The Bertz CT molecular complexity index is 730. The first-order valence-electron chi connectivity index (χ1n) is 6.69. The van der Waals surface area contributed by atoms with E-state index in [0.29, 0.717) is 5.56 Å². The first-order valence-corrected chi connectivity index (χ1v) is 7.13. The van der Waals surface area contributed by atoms with E-state index in [9.17, 15) is 18.0 Å². The van der Waals surface area contributed by atoms with Gasteiger partial charge in [-0.3, -0.25) is 4.79 Å². The van der Waals surface area contributed by atoms with Gasteiger partial charge in [-0.1, -0.05) is 0 Å². The van der Waals surface area contributed by atoms with Gasteiger partial charge in [-0.15, -0.1) is 11.6 Å². The zero-order valence-electron chi connectivity index (χ0n) is 11.3. The molecule has 2 heterocycles. The van der Waals surface area contributed by atoms with Crippen LogP contribution in [0.1, 0.15) is 39.8 Å². The van der Waals surface area contributed by atoms with Gasteiger partial charge in [-0.05, 0) is 30.7 Å². The van der Waals surface area contributed by atoms with Crippen LogP contribution in [0.2, 0.25) is 0 Å². The fraction of sp³-hybridized carbons (Fsp3) is 0.267. The molecule has 7 heteroatoms. The molecule has 1 aliphatic heterocycles. The number of carbonyl (C=O) groups excluding carboxylic acids is 1. The molecule has 0 saturated carbocycles. The zero-order valence-corrected chi connectivity index (χ0v) is 12.1. The van der Waals surface area contributed by atoms with Gasteiger partial charge in [0.1, 0.15) is 5.82 Å². The van der Waals surface area contributed by atoms with Gasteiger partial charge in [0.05, 0.1) is 16.5 Å². The number of aromatic nitrogens is 1. The van der Waals surface area contributed by atoms with E-state index in [-0.39, 0.29) is 11.1 Å². The van der Waals surface area contributed by atoms with Crippen LogP contribution < -0.4 is 5.32 Å². The molecule has 2 aromatic rings. The molecule has 0 bridgehead atoms. The molecular formula is C15H12ClF3N2O. The van der Waals surface area contributed by atoms with E-state index in [1.165, 1.54) is 6.07 Å². The Balaban J connectivity index is 1.85. The van der Waals surface area contributed by atoms with Crippen LogP contribution in [0.25, 0.3) is 0 Å². The maximum absolute atomic E-state index is 13.2. The van der Waals surface area contributed by atoms with Gasteiger partial charge in [-0.25, -0.2) is 13.2 Å². The van der Waals surface area contributed by atoms with E-state index in [1.54, 1.807) is 12.3 Å². The molecule has 1 aliphatic rings. The van der Waals surface area contributed by atoms with E-state index >= 15 is 0 Å². The van der Waals surface area contributed by atoms with E-state index in [0.717, 1.165) is 30.8 Å². The molecule has 3 nitrogen and oxygen atoms in total. The van der Waals surface area contributed by atoms with Crippen LogP contribution in [0.4, 0.5) is 18.9 Å². The molecule has 0 fully saturated rings. The number of halogens is 4. The molecule has 1 atom stereocenters. The number of alkyl halides is 3. The Morgan fingerprint density at radius 1 is 1.36 bits per heavy atom. The molecule has 1 amide bonds. The number of rotatable bonds is 3. The van der Waals surface area contributed by atoms with Crippen molar-refractivity contribution in [3.8, 4) is 0 Å². The number of amides is 1. The van der Waals surface area contributed by atoms with Gasteiger partial charge >= 0.3 is 0 Å². The zero-order chi connectivity index (χ0) is 15.9. The summed E-state index contributed by atoms with van der Waals surface area (Å²) in [5.74, 6) is -1.45. The predicted octanol–water partition coefficient (Wildman–Crippen LogP) is 4.50. The Labute approximate surface area is 129 Å². The van der Waals surface area contributed by atoms with Crippen molar-refractivity contribution in [2.75, 3.05) is 5.32 Å². The Hall–Kier alpha value is -1.95. The second-order valence-electron chi connectivity index (χ2n) is 5.06. The van der Waals surface area contributed by atoms with Gasteiger partial charge in [0, 0.05) is 24.1 Å². The molecule has 0 aliphatic carbocycles. The third kappa shape index (κ3) is 2.59. The van der Waals surface area contributed by atoms with E-state index in [4.69, 9.17) is 11.6 Å². The van der Waals surface area contributed by atoms with Crippen molar-refractivity contribution in [3.05, 3.63) is 53.1 Å². The highest BCUT2D eigenvalue weighted by molar-refractivity contribution is 6.22. The maximum Gasteiger partial charge on any atom is 0.266 e. The number of nitrogens with one attached hydrogen (secondary N) is 1. The number of anilines is 1. The van der Waals surface area contributed by atoms with Crippen LogP contribution in [0, 0.1) is 5.82 Å². The Morgan fingerprint density at radius 3 is 2.86 bits per heavy atom. The van der Waals surface area contributed by atoms with Crippen molar-refractivity contribution in [1.82, 2.24) is 4.57 Å². The summed E-state index contributed by atoms with van der Waals surface area (Å²) in [5.41, 5.74) is 0.497. The third-order valence-electron chi connectivity index (χ3n) is 3.66. The topological polar surface area (TPSA) is 34.0 Å². The van der Waals surface area contributed by atoms with Crippen LogP contribution in [0.15, 0.2) is 30.5 Å². The number of nitrogens with zero attached hydrogens (tertiary/aromatic N) is 1. The highest BCUT2D eigenvalue weighted by atomic mass is 35.5. The van der Waals surface area contributed by atoms with Crippen molar-refractivity contribution in [2.24, 2.45) is 0 Å². The second-order valence-corrected chi connectivity index (χ2v) is 5.58. The highest BCUT2D eigenvalue weighted by Crippen LogP contribution is 2.35. The molecule has 1 aromatic heterocycles. The summed E-state index contributed by atoms with van der Waals surface area (Å²) in [5, 5.41) is 2.26. The summed E-state index contributed by atoms with van der Waals surface area (Å²) in [7, 11) is 0. The largest absolute Gasteiger partial charge is 0.349 e. The fourth-order valence-electron chi connectivity index (χ4n) is 2.60. The molecule has 1 aromatic carbocycles. The molecule has 3 rings (SSSR count). The number of benzene rings is 1. The first-order chi connectivity index (χ1) is 10.5. The molecule has 22 heavy (non-hydrogen) atoms. The van der Waals surface area contributed by atoms with Crippen molar-refractivity contribution in [3.63, 3.8) is 0 Å². The second kappa shape index (κ2) is 5.68. The molecule has 1 N–H and O–H groups in total. The summed E-state index contributed by atoms with van der Waals surface area (Å²) in [4.78, 5) is 12.3. The quantitative estimate of drug-likeness (QED) is 0.827. The van der Waals surface area contributed by atoms with Crippen LogP contribution in [0.5, 0.6) is 0 Å². The average molecular weight is 329 g/mol. The lowest BCUT2D eigenvalue weighted by Gasteiger charge is -2.09. The van der Waals surface area contributed by atoms with Crippen LogP contribution in [0.3, 0.4) is 0 Å². The van der Waals surface area contributed by atoms with Crippen molar-refractivity contribution < 1.29 is 18.0 Å². The molecule has 1 unspecified atom stereocenters. The summed E-state index contributed by atoms with van der Waals surface area (Å²) < 4.78 is 40.5. The van der Waals surface area contributed by atoms with Crippen LogP contribution in [-0.4, -0.2) is 10.5 Å². The summed E-state index contributed by atoms with van der Waals surface area (Å²) in [6, 6.07) is 4.72. The lowest BCUT2D eigenvalue weighted by atomic mass is 10.1. The fourth-order valence-corrected chi connectivity index (χ4v) is 2.94. The SMILES string of the molecule is O=C(Nc1ccc(F)c(C(F)F)c1)c1ccn2c1C(Cl)CC2. The summed E-state index contributed by atoms with van der Waals surface area (Å²) in [6.45, 7) is 0.739. The molecular weight excluding hydrogens is 317 g/mol. The molecule has 116 valence electrons. The minimum atomic E-state index is -2.94. The van der Waals surface area contributed by atoms with E-state index in [1.807, 2.05) is 4.57 Å². The Morgan fingerprint density at radius 2 is 2.14 bits per heavy atom. The maximum atomic E-state index is 13.2. The van der Waals surface area contributed by atoms with Crippen LogP contribution >= 0.6 is 11.6 Å². The van der Waals surface area contributed by atoms with E-state index in [2.05, 4.69) is 5.32 Å². The molecule has 0 saturated heterocycles. The van der Waals surface area contributed by atoms with Crippen molar-refractivity contribution in [1.29, 1.82) is 0 Å². The minimum Gasteiger partial charge on any atom is -0.349 e. The number of carbonyl (C=O) groups is 1. The van der Waals surface area contributed by atoms with Crippen molar-refractivity contribution in [2.45, 2.75) is 24.8 Å². The predicted molar refractivity (Wildman–Crippen MR) is 77.0 cm³/mol. The van der Waals surface area contributed by atoms with Crippen molar-refractivity contribution >= 4 is 23.2 Å². The van der Waals surface area contributed by atoms with Gasteiger partial charge in [0.25, 0.3) is 12.3 Å². The average Bonchev–Trinajstić information content (AvgIpc) is 3.04.